The summed E-state index contributed by atoms with van der Waals surface area (Å²) in [6.07, 6.45) is 6.35. The SMILES string of the molecule is CNS(=O)(=O)c1ccc(NC2CCCCC2)c([C@H]2CC(Br)=NO2)c1. The molecule has 0 unspecified atom stereocenters. The molecule has 1 aliphatic carbocycles. The zero-order valence-corrected chi connectivity index (χ0v) is 16.0. The number of anilines is 1. The summed E-state index contributed by atoms with van der Waals surface area (Å²) >= 11 is 3.34. The van der Waals surface area contributed by atoms with Gasteiger partial charge in [0.25, 0.3) is 0 Å². The molecular weight excluding hydrogens is 394 g/mol. The van der Waals surface area contributed by atoms with E-state index in [1.54, 1.807) is 12.1 Å². The van der Waals surface area contributed by atoms with Gasteiger partial charge in [-0.2, -0.15) is 0 Å². The Morgan fingerprint density at radius 3 is 2.62 bits per heavy atom. The maximum atomic E-state index is 12.1. The predicted molar refractivity (Wildman–Crippen MR) is 98.0 cm³/mol. The number of sulfonamides is 1. The van der Waals surface area contributed by atoms with E-state index in [4.69, 9.17) is 4.84 Å². The minimum Gasteiger partial charge on any atom is -0.386 e. The first-order valence-electron chi connectivity index (χ1n) is 8.22. The van der Waals surface area contributed by atoms with Crippen LogP contribution in [0.4, 0.5) is 5.69 Å². The van der Waals surface area contributed by atoms with Crippen molar-refractivity contribution >= 4 is 36.3 Å². The van der Waals surface area contributed by atoms with E-state index in [1.807, 2.05) is 6.07 Å². The lowest BCUT2D eigenvalue weighted by Crippen LogP contribution is -2.24. The Balaban J connectivity index is 1.91. The molecule has 0 spiro atoms. The zero-order valence-electron chi connectivity index (χ0n) is 13.6. The molecule has 1 aromatic carbocycles. The van der Waals surface area contributed by atoms with Crippen molar-refractivity contribution in [2.45, 2.75) is 55.6 Å². The van der Waals surface area contributed by atoms with Gasteiger partial charge in [-0.05, 0) is 54.0 Å². The monoisotopic (exact) mass is 415 g/mol. The highest BCUT2D eigenvalue weighted by Crippen LogP contribution is 2.36. The Kier molecular flexibility index (Phi) is 5.46. The molecule has 1 atom stereocenters. The van der Waals surface area contributed by atoms with E-state index in [2.05, 4.69) is 31.1 Å². The molecule has 0 bridgehead atoms. The number of oxime groups is 1. The first-order valence-corrected chi connectivity index (χ1v) is 10.5. The van der Waals surface area contributed by atoms with Gasteiger partial charge in [0, 0.05) is 23.7 Å². The van der Waals surface area contributed by atoms with E-state index >= 15 is 0 Å². The second-order valence-corrected chi connectivity index (χ2v) is 9.00. The van der Waals surface area contributed by atoms with Gasteiger partial charge < -0.3 is 10.2 Å². The van der Waals surface area contributed by atoms with Gasteiger partial charge in [0.05, 0.1) is 4.90 Å². The third kappa shape index (κ3) is 3.92. The Hall–Kier alpha value is -1.12. The zero-order chi connectivity index (χ0) is 17.2. The number of nitrogens with zero attached hydrogens (tertiary/aromatic N) is 1. The fraction of sp³-hybridized carbons (Fsp3) is 0.562. The van der Waals surface area contributed by atoms with Crippen LogP contribution < -0.4 is 10.0 Å². The van der Waals surface area contributed by atoms with Gasteiger partial charge >= 0.3 is 0 Å². The molecule has 24 heavy (non-hydrogen) atoms. The molecule has 132 valence electrons. The minimum atomic E-state index is -3.50. The van der Waals surface area contributed by atoms with Crippen molar-refractivity contribution < 1.29 is 13.3 Å². The number of hydrogen-bond acceptors (Lipinski definition) is 5. The molecule has 3 rings (SSSR count). The molecule has 0 radical (unpaired) electrons. The lowest BCUT2D eigenvalue weighted by Gasteiger charge is -2.26. The van der Waals surface area contributed by atoms with Gasteiger partial charge in [0.1, 0.15) is 4.62 Å². The Morgan fingerprint density at radius 2 is 2.00 bits per heavy atom. The fourth-order valence-electron chi connectivity index (χ4n) is 3.21. The van der Waals surface area contributed by atoms with Crippen LogP contribution in [0.3, 0.4) is 0 Å². The molecule has 0 amide bonds. The Bertz CT molecular complexity index is 730. The smallest absolute Gasteiger partial charge is 0.240 e. The summed E-state index contributed by atoms with van der Waals surface area (Å²) in [5.74, 6) is 0. The van der Waals surface area contributed by atoms with Crippen molar-refractivity contribution in [1.82, 2.24) is 4.72 Å². The van der Waals surface area contributed by atoms with Crippen LogP contribution in [0.5, 0.6) is 0 Å². The first-order chi connectivity index (χ1) is 11.5. The maximum absolute atomic E-state index is 12.1. The molecule has 8 heteroatoms. The van der Waals surface area contributed by atoms with E-state index in [9.17, 15) is 8.42 Å². The fourth-order valence-corrected chi connectivity index (χ4v) is 4.35. The van der Waals surface area contributed by atoms with Crippen LogP contribution in [0, 0.1) is 0 Å². The second kappa shape index (κ2) is 7.41. The van der Waals surface area contributed by atoms with Crippen LogP contribution >= 0.6 is 15.9 Å². The van der Waals surface area contributed by atoms with Gasteiger partial charge in [0.2, 0.25) is 10.0 Å². The molecular formula is C16H22BrN3O3S. The quantitative estimate of drug-likeness (QED) is 0.770. The van der Waals surface area contributed by atoms with E-state index in [0.29, 0.717) is 12.5 Å². The predicted octanol–water partition coefficient (Wildman–Crippen LogP) is 3.51. The van der Waals surface area contributed by atoms with E-state index in [0.717, 1.165) is 28.7 Å². The molecule has 1 fully saturated rings. The summed E-state index contributed by atoms with van der Waals surface area (Å²) in [7, 11) is -2.08. The maximum Gasteiger partial charge on any atom is 0.240 e. The minimum absolute atomic E-state index is 0.237. The third-order valence-electron chi connectivity index (χ3n) is 4.55. The molecule has 6 nitrogen and oxygen atoms in total. The van der Waals surface area contributed by atoms with Crippen molar-refractivity contribution in [3.63, 3.8) is 0 Å². The van der Waals surface area contributed by atoms with Crippen molar-refractivity contribution in [2.24, 2.45) is 5.16 Å². The van der Waals surface area contributed by atoms with Crippen molar-refractivity contribution in [3.05, 3.63) is 23.8 Å². The lowest BCUT2D eigenvalue weighted by molar-refractivity contribution is 0.0860. The van der Waals surface area contributed by atoms with Crippen molar-refractivity contribution in [3.8, 4) is 0 Å². The van der Waals surface area contributed by atoms with Crippen LogP contribution in [0.15, 0.2) is 28.3 Å². The highest BCUT2D eigenvalue weighted by molar-refractivity contribution is 9.18. The van der Waals surface area contributed by atoms with Gasteiger partial charge in [0.15, 0.2) is 6.10 Å². The van der Waals surface area contributed by atoms with Crippen LogP contribution in [0.1, 0.15) is 50.2 Å². The van der Waals surface area contributed by atoms with E-state index < -0.39 is 10.0 Å². The summed E-state index contributed by atoms with van der Waals surface area (Å²) in [5.41, 5.74) is 1.76. The second-order valence-electron chi connectivity index (χ2n) is 6.20. The van der Waals surface area contributed by atoms with Crippen LogP contribution in [0.25, 0.3) is 0 Å². The molecule has 1 aliphatic heterocycles. The van der Waals surface area contributed by atoms with E-state index in [1.165, 1.54) is 26.3 Å². The van der Waals surface area contributed by atoms with Crippen LogP contribution in [0.2, 0.25) is 0 Å². The lowest BCUT2D eigenvalue weighted by atomic mass is 9.94. The van der Waals surface area contributed by atoms with Crippen LogP contribution in [-0.4, -0.2) is 26.1 Å². The number of benzene rings is 1. The molecule has 1 heterocycles. The molecule has 2 N–H and O–H groups in total. The van der Waals surface area contributed by atoms with Gasteiger partial charge in [-0.15, -0.1) is 0 Å². The topological polar surface area (TPSA) is 79.8 Å². The standard InChI is InChI=1S/C16H22BrN3O3S/c1-18-24(21,22)12-7-8-14(19-11-5-3-2-4-6-11)13(9-12)15-10-16(17)20-23-15/h7-9,11,15,18-19H,2-6,10H2,1H3/t15-/m1/s1. The average molecular weight is 416 g/mol. The summed E-state index contributed by atoms with van der Waals surface area (Å²) < 4.78 is 27.3. The largest absolute Gasteiger partial charge is 0.386 e. The molecule has 1 aromatic rings. The van der Waals surface area contributed by atoms with Crippen molar-refractivity contribution in [1.29, 1.82) is 0 Å². The van der Waals surface area contributed by atoms with Crippen LogP contribution in [-0.2, 0) is 14.9 Å². The summed E-state index contributed by atoms with van der Waals surface area (Å²) in [6.45, 7) is 0. The summed E-state index contributed by atoms with van der Waals surface area (Å²) in [4.78, 5) is 5.71. The average Bonchev–Trinajstić information content (AvgIpc) is 3.02. The Labute approximate surface area is 151 Å². The van der Waals surface area contributed by atoms with E-state index in [-0.39, 0.29) is 11.0 Å². The Morgan fingerprint density at radius 1 is 1.25 bits per heavy atom. The normalized spacial score (nSPS) is 22.1. The van der Waals surface area contributed by atoms with Gasteiger partial charge in [-0.3, -0.25) is 0 Å². The molecule has 0 saturated heterocycles. The molecule has 1 saturated carbocycles. The highest BCUT2D eigenvalue weighted by atomic mass is 79.9. The number of rotatable bonds is 5. The number of hydrogen-bond donors (Lipinski definition) is 2. The number of nitrogens with one attached hydrogen (secondary N) is 2. The first kappa shape index (κ1) is 17.7. The summed E-state index contributed by atoms with van der Waals surface area (Å²) in [5, 5.41) is 7.51. The molecule has 0 aromatic heterocycles. The number of halogens is 1. The highest BCUT2D eigenvalue weighted by Gasteiger charge is 2.27. The summed E-state index contributed by atoms with van der Waals surface area (Å²) in [6, 6.07) is 5.58. The van der Waals surface area contributed by atoms with Gasteiger partial charge in [-0.25, -0.2) is 13.1 Å². The van der Waals surface area contributed by atoms with Gasteiger partial charge in [-0.1, -0.05) is 24.4 Å². The molecule has 2 aliphatic rings. The van der Waals surface area contributed by atoms with Crippen molar-refractivity contribution in [2.75, 3.05) is 12.4 Å². The third-order valence-corrected chi connectivity index (χ3v) is 6.43.